The third-order valence-electron chi connectivity index (χ3n) is 4.34. The second-order valence-electron chi connectivity index (χ2n) is 5.60. The summed E-state index contributed by atoms with van der Waals surface area (Å²) in [6.45, 7) is 5.60. The fraction of sp³-hybridized carbons (Fsp3) is 0.688. The van der Waals surface area contributed by atoms with Crippen molar-refractivity contribution in [2.75, 3.05) is 26.7 Å². The van der Waals surface area contributed by atoms with E-state index in [-0.39, 0.29) is 0 Å². The number of nitrogens with zero attached hydrogens (tertiary/aromatic N) is 2. The zero-order valence-electron chi connectivity index (χ0n) is 12.7. The molecule has 1 amide bonds. The average Bonchev–Trinajstić information content (AvgIpc) is 2.99. The fourth-order valence-electron chi connectivity index (χ4n) is 2.87. The van der Waals surface area contributed by atoms with Crippen LogP contribution in [0.3, 0.4) is 0 Å². The van der Waals surface area contributed by atoms with E-state index < -0.39 is 0 Å². The number of carbonyl (C=O) groups excluding carboxylic acids is 1. The van der Waals surface area contributed by atoms with Gasteiger partial charge in [0.05, 0.1) is 0 Å². The Kier molecular flexibility index (Phi) is 6.05. The molecule has 0 radical (unpaired) electrons. The maximum Gasteiger partial charge on any atom is 0.222 e. The topological polar surface area (TPSA) is 23.6 Å². The number of thiophene rings is 1. The molecule has 0 spiro atoms. The minimum Gasteiger partial charge on any atom is -0.343 e. The molecule has 0 aromatic carbocycles. The number of likely N-dealkylation sites (tertiary alicyclic amines) is 1. The first-order valence-corrected chi connectivity index (χ1v) is 8.59. The van der Waals surface area contributed by atoms with Gasteiger partial charge in [0.15, 0.2) is 0 Å². The zero-order valence-corrected chi connectivity index (χ0v) is 13.5. The van der Waals surface area contributed by atoms with Crippen molar-refractivity contribution in [1.82, 2.24) is 9.80 Å². The normalized spacial score (nSPS) is 17.3. The summed E-state index contributed by atoms with van der Waals surface area (Å²) in [6, 6.07) is 4.68. The molecule has 20 heavy (non-hydrogen) atoms. The van der Waals surface area contributed by atoms with Crippen LogP contribution in [0.15, 0.2) is 17.5 Å². The smallest absolute Gasteiger partial charge is 0.222 e. The third-order valence-corrected chi connectivity index (χ3v) is 5.28. The van der Waals surface area contributed by atoms with Crippen LogP contribution in [0.25, 0.3) is 0 Å². The molecular formula is C16H26N2OS. The number of hydrogen-bond donors (Lipinski definition) is 0. The Balaban J connectivity index is 1.69. The van der Waals surface area contributed by atoms with Gasteiger partial charge in [0, 0.05) is 37.5 Å². The van der Waals surface area contributed by atoms with Crippen LogP contribution in [-0.2, 0) is 11.2 Å². The summed E-state index contributed by atoms with van der Waals surface area (Å²) in [5.74, 6) is 0.316. The van der Waals surface area contributed by atoms with E-state index in [0.29, 0.717) is 18.4 Å². The van der Waals surface area contributed by atoms with Crippen LogP contribution in [0, 0.1) is 0 Å². The van der Waals surface area contributed by atoms with Crippen molar-refractivity contribution in [2.24, 2.45) is 0 Å². The second kappa shape index (κ2) is 7.79. The van der Waals surface area contributed by atoms with E-state index in [4.69, 9.17) is 0 Å². The molecule has 1 saturated heterocycles. The van der Waals surface area contributed by atoms with Gasteiger partial charge in [-0.05, 0) is 43.7 Å². The molecule has 0 unspecified atom stereocenters. The molecule has 112 valence electrons. The number of piperidine rings is 1. The van der Waals surface area contributed by atoms with Gasteiger partial charge in [0.1, 0.15) is 0 Å². The van der Waals surface area contributed by atoms with Crippen molar-refractivity contribution in [3.63, 3.8) is 0 Å². The molecule has 2 heterocycles. The molecule has 0 saturated carbocycles. The number of carbonyl (C=O) groups is 1. The average molecular weight is 294 g/mol. The summed E-state index contributed by atoms with van der Waals surface area (Å²) in [4.78, 5) is 18.1. The SMILES string of the molecule is CCN1CCC(N(C)C(=O)CCCc2cccs2)CC1. The Labute approximate surface area is 126 Å². The maximum absolute atomic E-state index is 12.2. The molecule has 0 aliphatic carbocycles. The number of aryl methyl sites for hydroxylation is 1. The molecule has 1 aromatic heterocycles. The molecular weight excluding hydrogens is 268 g/mol. The van der Waals surface area contributed by atoms with Crippen molar-refractivity contribution >= 4 is 17.2 Å². The molecule has 1 aromatic rings. The lowest BCUT2D eigenvalue weighted by Gasteiger charge is -2.36. The molecule has 1 aliphatic rings. The first-order chi connectivity index (χ1) is 9.70. The molecule has 4 heteroatoms. The van der Waals surface area contributed by atoms with Crippen molar-refractivity contribution in [3.05, 3.63) is 22.4 Å². The third kappa shape index (κ3) is 4.32. The van der Waals surface area contributed by atoms with Gasteiger partial charge < -0.3 is 9.80 Å². The summed E-state index contributed by atoms with van der Waals surface area (Å²) in [5.41, 5.74) is 0. The Morgan fingerprint density at radius 3 is 2.80 bits per heavy atom. The van der Waals surface area contributed by atoms with Crippen molar-refractivity contribution in [2.45, 2.75) is 45.1 Å². The lowest BCUT2D eigenvalue weighted by atomic mass is 10.0. The first-order valence-electron chi connectivity index (χ1n) is 7.71. The fourth-order valence-corrected chi connectivity index (χ4v) is 3.62. The Morgan fingerprint density at radius 1 is 1.45 bits per heavy atom. The van der Waals surface area contributed by atoms with E-state index in [1.807, 2.05) is 11.9 Å². The van der Waals surface area contributed by atoms with E-state index in [0.717, 1.165) is 45.3 Å². The lowest BCUT2D eigenvalue weighted by Crippen LogP contribution is -2.45. The minimum absolute atomic E-state index is 0.316. The van der Waals surface area contributed by atoms with Crippen LogP contribution in [0.1, 0.15) is 37.5 Å². The lowest BCUT2D eigenvalue weighted by molar-refractivity contribution is -0.132. The quantitative estimate of drug-likeness (QED) is 0.805. The van der Waals surface area contributed by atoms with Crippen LogP contribution in [0.2, 0.25) is 0 Å². The van der Waals surface area contributed by atoms with Crippen molar-refractivity contribution in [1.29, 1.82) is 0 Å². The molecule has 1 fully saturated rings. The number of amides is 1. The highest BCUT2D eigenvalue weighted by molar-refractivity contribution is 7.09. The summed E-state index contributed by atoms with van der Waals surface area (Å²) >= 11 is 1.78. The van der Waals surface area contributed by atoms with E-state index in [2.05, 4.69) is 29.3 Å². The van der Waals surface area contributed by atoms with Gasteiger partial charge in [-0.1, -0.05) is 13.0 Å². The Bertz CT molecular complexity index is 397. The molecule has 2 rings (SSSR count). The first kappa shape index (κ1) is 15.5. The van der Waals surface area contributed by atoms with Crippen LogP contribution in [0.5, 0.6) is 0 Å². The largest absolute Gasteiger partial charge is 0.343 e. The summed E-state index contributed by atoms with van der Waals surface area (Å²) in [7, 11) is 1.99. The van der Waals surface area contributed by atoms with Crippen LogP contribution in [0.4, 0.5) is 0 Å². The van der Waals surface area contributed by atoms with Crippen molar-refractivity contribution < 1.29 is 4.79 Å². The van der Waals surface area contributed by atoms with E-state index >= 15 is 0 Å². The standard InChI is InChI=1S/C16H26N2OS/c1-3-18-11-9-14(10-12-18)17(2)16(19)8-4-6-15-7-5-13-20-15/h5,7,13-14H,3-4,6,8-12H2,1-2H3. The summed E-state index contributed by atoms with van der Waals surface area (Å²) in [6.07, 6.45) is 4.94. The van der Waals surface area contributed by atoms with E-state index in [1.54, 1.807) is 11.3 Å². The highest BCUT2D eigenvalue weighted by atomic mass is 32.1. The van der Waals surface area contributed by atoms with Gasteiger partial charge in [0.2, 0.25) is 5.91 Å². The van der Waals surface area contributed by atoms with Crippen LogP contribution >= 0.6 is 11.3 Å². The van der Waals surface area contributed by atoms with Gasteiger partial charge in [-0.3, -0.25) is 4.79 Å². The van der Waals surface area contributed by atoms with Crippen LogP contribution < -0.4 is 0 Å². The van der Waals surface area contributed by atoms with Gasteiger partial charge in [-0.15, -0.1) is 11.3 Å². The molecule has 0 N–H and O–H groups in total. The Morgan fingerprint density at radius 2 is 2.20 bits per heavy atom. The minimum atomic E-state index is 0.316. The maximum atomic E-state index is 12.2. The summed E-state index contributed by atoms with van der Waals surface area (Å²) in [5, 5.41) is 2.10. The highest BCUT2D eigenvalue weighted by Crippen LogP contribution is 2.17. The zero-order chi connectivity index (χ0) is 14.4. The van der Waals surface area contributed by atoms with Crippen molar-refractivity contribution in [3.8, 4) is 0 Å². The van der Waals surface area contributed by atoms with Gasteiger partial charge in [0.25, 0.3) is 0 Å². The molecule has 0 atom stereocenters. The monoisotopic (exact) mass is 294 g/mol. The summed E-state index contributed by atoms with van der Waals surface area (Å²) < 4.78 is 0. The van der Waals surface area contributed by atoms with Gasteiger partial charge in [-0.2, -0.15) is 0 Å². The highest BCUT2D eigenvalue weighted by Gasteiger charge is 2.24. The second-order valence-corrected chi connectivity index (χ2v) is 6.64. The number of rotatable bonds is 6. The van der Waals surface area contributed by atoms with Crippen LogP contribution in [-0.4, -0.2) is 48.4 Å². The van der Waals surface area contributed by atoms with Gasteiger partial charge in [-0.25, -0.2) is 0 Å². The van der Waals surface area contributed by atoms with E-state index in [1.165, 1.54) is 4.88 Å². The molecule has 1 aliphatic heterocycles. The molecule has 0 bridgehead atoms. The van der Waals surface area contributed by atoms with E-state index in [9.17, 15) is 4.79 Å². The Hall–Kier alpha value is -0.870. The molecule has 3 nitrogen and oxygen atoms in total. The predicted molar refractivity (Wildman–Crippen MR) is 85.2 cm³/mol. The number of hydrogen-bond acceptors (Lipinski definition) is 3. The van der Waals surface area contributed by atoms with Gasteiger partial charge >= 0.3 is 0 Å². The predicted octanol–water partition coefficient (Wildman–Crippen LogP) is 3.01.